The molecule has 0 radical (unpaired) electrons. The van der Waals surface area contributed by atoms with Crippen LogP contribution in [0.25, 0.3) is 0 Å². The number of carbonyl (C=O) groups is 1. The maximum Gasteiger partial charge on any atom is 0.221 e. The molecule has 1 amide bonds. The largest absolute Gasteiger partial charge is 0.381 e. The van der Waals surface area contributed by atoms with E-state index in [-0.39, 0.29) is 5.91 Å². The molecular weight excluding hydrogens is 192 g/mol. The lowest BCUT2D eigenvalue weighted by atomic mass is 9.97. The van der Waals surface area contributed by atoms with E-state index in [1.807, 2.05) is 0 Å². The molecule has 0 spiro atoms. The topological polar surface area (TPSA) is 50.4 Å². The van der Waals surface area contributed by atoms with Crippen LogP contribution in [0.15, 0.2) is 0 Å². The highest BCUT2D eigenvalue weighted by Crippen LogP contribution is 2.18. The third-order valence-corrected chi connectivity index (χ3v) is 3.01. The molecule has 1 fully saturated rings. The van der Waals surface area contributed by atoms with E-state index in [1.54, 1.807) is 7.05 Å². The zero-order valence-electron chi connectivity index (χ0n) is 9.71. The number of nitrogens with one attached hydrogen (secondary N) is 2. The number of hydrogen-bond acceptors (Lipinski definition) is 3. The quantitative estimate of drug-likeness (QED) is 0.678. The van der Waals surface area contributed by atoms with Gasteiger partial charge >= 0.3 is 0 Å². The first-order valence-corrected chi connectivity index (χ1v) is 5.79. The SMILES string of the molecule is CCC(NCCC(=O)NC)C1CCOC1. The summed E-state index contributed by atoms with van der Waals surface area (Å²) in [6, 6.07) is 0.497. The van der Waals surface area contributed by atoms with Crippen LogP contribution in [0.1, 0.15) is 26.2 Å². The zero-order chi connectivity index (χ0) is 11.1. The Morgan fingerprint density at radius 1 is 1.60 bits per heavy atom. The van der Waals surface area contributed by atoms with Gasteiger partial charge in [0.25, 0.3) is 0 Å². The van der Waals surface area contributed by atoms with E-state index < -0.39 is 0 Å². The first-order valence-electron chi connectivity index (χ1n) is 5.79. The lowest BCUT2D eigenvalue weighted by Crippen LogP contribution is -2.38. The summed E-state index contributed by atoms with van der Waals surface area (Å²) in [4.78, 5) is 11.0. The fraction of sp³-hybridized carbons (Fsp3) is 0.909. The Balaban J connectivity index is 2.18. The fourth-order valence-corrected chi connectivity index (χ4v) is 2.01. The van der Waals surface area contributed by atoms with Crippen LogP contribution in [0.2, 0.25) is 0 Å². The zero-order valence-corrected chi connectivity index (χ0v) is 9.71. The highest BCUT2D eigenvalue weighted by molar-refractivity contribution is 5.75. The van der Waals surface area contributed by atoms with Crippen LogP contribution in [0, 0.1) is 5.92 Å². The molecule has 1 aliphatic heterocycles. The van der Waals surface area contributed by atoms with Gasteiger partial charge in [0.05, 0.1) is 6.61 Å². The Morgan fingerprint density at radius 2 is 2.40 bits per heavy atom. The van der Waals surface area contributed by atoms with Crippen molar-refractivity contribution in [2.45, 2.75) is 32.2 Å². The molecule has 0 aromatic heterocycles. The van der Waals surface area contributed by atoms with Crippen molar-refractivity contribution in [1.82, 2.24) is 10.6 Å². The first-order chi connectivity index (χ1) is 7.27. The molecule has 2 N–H and O–H groups in total. The first kappa shape index (κ1) is 12.5. The minimum Gasteiger partial charge on any atom is -0.381 e. The number of amides is 1. The van der Waals surface area contributed by atoms with E-state index in [2.05, 4.69) is 17.6 Å². The second kappa shape index (κ2) is 6.80. The van der Waals surface area contributed by atoms with Gasteiger partial charge in [-0.15, -0.1) is 0 Å². The van der Waals surface area contributed by atoms with Crippen molar-refractivity contribution < 1.29 is 9.53 Å². The molecule has 88 valence electrons. The maximum atomic E-state index is 11.0. The van der Waals surface area contributed by atoms with Gasteiger partial charge in [0, 0.05) is 32.7 Å². The van der Waals surface area contributed by atoms with Crippen LogP contribution in [0.3, 0.4) is 0 Å². The van der Waals surface area contributed by atoms with Crippen molar-refractivity contribution in [3.63, 3.8) is 0 Å². The van der Waals surface area contributed by atoms with E-state index >= 15 is 0 Å². The number of hydrogen-bond donors (Lipinski definition) is 2. The van der Waals surface area contributed by atoms with Crippen molar-refractivity contribution in [2.75, 3.05) is 26.8 Å². The van der Waals surface area contributed by atoms with Crippen LogP contribution in [0.4, 0.5) is 0 Å². The van der Waals surface area contributed by atoms with Crippen molar-refractivity contribution in [1.29, 1.82) is 0 Å². The molecule has 2 unspecified atom stereocenters. The molecule has 2 atom stereocenters. The lowest BCUT2D eigenvalue weighted by molar-refractivity contribution is -0.120. The van der Waals surface area contributed by atoms with Gasteiger partial charge in [0.2, 0.25) is 5.91 Å². The van der Waals surface area contributed by atoms with Gasteiger partial charge < -0.3 is 15.4 Å². The number of carbonyl (C=O) groups excluding carboxylic acids is 1. The third-order valence-electron chi connectivity index (χ3n) is 3.01. The molecule has 0 bridgehead atoms. The fourth-order valence-electron chi connectivity index (χ4n) is 2.01. The van der Waals surface area contributed by atoms with Gasteiger partial charge in [0.15, 0.2) is 0 Å². The summed E-state index contributed by atoms with van der Waals surface area (Å²) in [5, 5.41) is 6.06. The number of rotatable bonds is 6. The van der Waals surface area contributed by atoms with Crippen molar-refractivity contribution in [3.8, 4) is 0 Å². The molecule has 0 aliphatic carbocycles. The van der Waals surface area contributed by atoms with Gasteiger partial charge in [-0.3, -0.25) is 4.79 Å². The van der Waals surface area contributed by atoms with Crippen LogP contribution in [-0.2, 0) is 9.53 Å². The summed E-state index contributed by atoms with van der Waals surface area (Å²) >= 11 is 0. The second-order valence-electron chi connectivity index (χ2n) is 4.02. The van der Waals surface area contributed by atoms with E-state index in [0.717, 1.165) is 32.6 Å². The van der Waals surface area contributed by atoms with Crippen molar-refractivity contribution in [3.05, 3.63) is 0 Å². The van der Waals surface area contributed by atoms with Crippen LogP contribution in [-0.4, -0.2) is 38.8 Å². The van der Waals surface area contributed by atoms with Gasteiger partial charge in [-0.05, 0) is 18.8 Å². The van der Waals surface area contributed by atoms with Crippen molar-refractivity contribution >= 4 is 5.91 Å². The molecule has 15 heavy (non-hydrogen) atoms. The summed E-state index contributed by atoms with van der Waals surface area (Å²) < 4.78 is 5.37. The minimum absolute atomic E-state index is 0.0972. The summed E-state index contributed by atoms with van der Waals surface area (Å²) in [6.45, 7) is 4.69. The smallest absolute Gasteiger partial charge is 0.221 e. The summed E-state index contributed by atoms with van der Waals surface area (Å²) in [5.41, 5.74) is 0. The summed E-state index contributed by atoms with van der Waals surface area (Å²) in [5.74, 6) is 0.722. The van der Waals surface area contributed by atoms with Crippen LogP contribution >= 0.6 is 0 Å². The molecule has 0 aromatic carbocycles. The van der Waals surface area contributed by atoms with Gasteiger partial charge in [0.1, 0.15) is 0 Å². The molecule has 4 heteroatoms. The van der Waals surface area contributed by atoms with Crippen LogP contribution < -0.4 is 10.6 Å². The maximum absolute atomic E-state index is 11.0. The predicted molar refractivity (Wildman–Crippen MR) is 59.7 cm³/mol. The molecule has 1 aliphatic rings. The Kier molecular flexibility index (Phi) is 5.65. The highest BCUT2D eigenvalue weighted by Gasteiger charge is 2.23. The Labute approximate surface area is 91.8 Å². The monoisotopic (exact) mass is 214 g/mol. The summed E-state index contributed by atoms with van der Waals surface area (Å²) in [7, 11) is 1.67. The number of ether oxygens (including phenoxy) is 1. The standard InChI is InChI=1S/C11H22N2O2/c1-3-10(9-5-7-15-8-9)13-6-4-11(14)12-2/h9-10,13H,3-8H2,1-2H3,(H,12,14). The van der Waals surface area contributed by atoms with Gasteiger partial charge in [-0.2, -0.15) is 0 Å². The van der Waals surface area contributed by atoms with Crippen LogP contribution in [0.5, 0.6) is 0 Å². The molecule has 1 saturated heterocycles. The van der Waals surface area contributed by atoms with E-state index in [9.17, 15) is 4.79 Å². The molecular formula is C11H22N2O2. The van der Waals surface area contributed by atoms with E-state index in [0.29, 0.717) is 18.4 Å². The Hall–Kier alpha value is -0.610. The predicted octanol–water partition coefficient (Wildman–Crippen LogP) is 0.527. The highest BCUT2D eigenvalue weighted by atomic mass is 16.5. The molecule has 1 rings (SSSR count). The second-order valence-corrected chi connectivity index (χ2v) is 4.02. The summed E-state index contributed by atoms with van der Waals surface area (Å²) in [6.07, 6.45) is 2.80. The molecule has 0 saturated carbocycles. The van der Waals surface area contributed by atoms with Gasteiger partial charge in [-0.1, -0.05) is 6.92 Å². The Bertz CT molecular complexity index is 191. The molecule has 1 heterocycles. The van der Waals surface area contributed by atoms with E-state index in [1.165, 1.54) is 0 Å². The van der Waals surface area contributed by atoms with Gasteiger partial charge in [-0.25, -0.2) is 0 Å². The van der Waals surface area contributed by atoms with E-state index in [4.69, 9.17) is 4.74 Å². The van der Waals surface area contributed by atoms with Crippen molar-refractivity contribution in [2.24, 2.45) is 5.92 Å². The average molecular weight is 214 g/mol. The normalized spacial score (nSPS) is 22.7. The molecule has 4 nitrogen and oxygen atoms in total. The minimum atomic E-state index is 0.0972. The average Bonchev–Trinajstić information content (AvgIpc) is 2.77. The molecule has 0 aromatic rings. The third kappa shape index (κ3) is 4.18. The Morgan fingerprint density at radius 3 is 2.93 bits per heavy atom. The lowest BCUT2D eigenvalue weighted by Gasteiger charge is -2.22.